The van der Waals surface area contributed by atoms with E-state index in [1.807, 2.05) is 6.20 Å². The van der Waals surface area contributed by atoms with Crippen LogP contribution in [0.25, 0.3) is 0 Å². The Kier molecular flexibility index (Phi) is 3.37. The van der Waals surface area contributed by atoms with Crippen LogP contribution in [0, 0.1) is 0 Å². The van der Waals surface area contributed by atoms with Crippen LogP contribution in [0.1, 0.15) is 31.0 Å². The van der Waals surface area contributed by atoms with E-state index in [9.17, 15) is 0 Å². The van der Waals surface area contributed by atoms with Crippen molar-refractivity contribution in [3.8, 4) is 0 Å². The lowest BCUT2D eigenvalue weighted by Gasteiger charge is -2.10. The summed E-state index contributed by atoms with van der Waals surface area (Å²) in [7, 11) is 4.10. The van der Waals surface area contributed by atoms with Gasteiger partial charge in [-0.1, -0.05) is 13.8 Å². The van der Waals surface area contributed by atoms with Crippen LogP contribution in [0.4, 0.5) is 0 Å². The van der Waals surface area contributed by atoms with E-state index in [0.717, 1.165) is 12.2 Å². The van der Waals surface area contributed by atoms with Crippen LogP contribution in [-0.2, 0) is 6.54 Å². The summed E-state index contributed by atoms with van der Waals surface area (Å²) in [6.07, 6.45) is 1.83. The standard InChI is InChI=1S/C10H17N3/c1-8(2)10-5-9(6-11-12-10)7-13(3)4/h5-6,8H,7H2,1-4H3. The smallest absolute Gasteiger partial charge is 0.0659 e. The maximum absolute atomic E-state index is 4.08. The van der Waals surface area contributed by atoms with Crippen molar-refractivity contribution in [1.29, 1.82) is 0 Å². The molecule has 3 heteroatoms. The highest BCUT2D eigenvalue weighted by atomic mass is 15.1. The van der Waals surface area contributed by atoms with Gasteiger partial charge in [0.25, 0.3) is 0 Å². The molecule has 0 saturated heterocycles. The van der Waals surface area contributed by atoms with Crippen LogP contribution in [0.5, 0.6) is 0 Å². The van der Waals surface area contributed by atoms with Crippen LogP contribution in [-0.4, -0.2) is 29.2 Å². The zero-order valence-electron chi connectivity index (χ0n) is 8.78. The van der Waals surface area contributed by atoms with Crippen molar-refractivity contribution < 1.29 is 0 Å². The molecule has 1 aromatic heterocycles. The van der Waals surface area contributed by atoms with Gasteiger partial charge in [0.15, 0.2) is 0 Å². The minimum atomic E-state index is 0.453. The lowest BCUT2D eigenvalue weighted by Crippen LogP contribution is -2.11. The van der Waals surface area contributed by atoms with Gasteiger partial charge in [-0.25, -0.2) is 0 Å². The molecular formula is C10H17N3. The molecule has 13 heavy (non-hydrogen) atoms. The van der Waals surface area contributed by atoms with E-state index >= 15 is 0 Å². The summed E-state index contributed by atoms with van der Waals surface area (Å²) in [4.78, 5) is 2.13. The van der Waals surface area contributed by atoms with Gasteiger partial charge in [-0.3, -0.25) is 0 Å². The highest BCUT2D eigenvalue weighted by Gasteiger charge is 2.03. The molecule has 0 N–H and O–H groups in total. The second kappa shape index (κ2) is 4.33. The summed E-state index contributed by atoms with van der Waals surface area (Å²) in [6, 6.07) is 2.12. The summed E-state index contributed by atoms with van der Waals surface area (Å²) < 4.78 is 0. The zero-order chi connectivity index (χ0) is 9.84. The van der Waals surface area contributed by atoms with Crippen molar-refractivity contribution in [2.24, 2.45) is 0 Å². The summed E-state index contributed by atoms with van der Waals surface area (Å²) in [6.45, 7) is 5.18. The molecule has 0 unspecified atom stereocenters. The molecule has 3 nitrogen and oxygen atoms in total. The van der Waals surface area contributed by atoms with E-state index in [1.165, 1.54) is 5.56 Å². The minimum Gasteiger partial charge on any atom is -0.305 e. The zero-order valence-corrected chi connectivity index (χ0v) is 8.78. The van der Waals surface area contributed by atoms with Crippen LogP contribution in [0.2, 0.25) is 0 Å². The molecule has 1 aromatic rings. The second-order valence-corrected chi connectivity index (χ2v) is 3.88. The van der Waals surface area contributed by atoms with Crippen LogP contribution in [0.3, 0.4) is 0 Å². The molecule has 1 heterocycles. The summed E-state index contributed by atoms with van der Waals surface area (Å²) in [5.41, 5.74) is 2.29. The molecule has 72 valence electrons. The van der Waals surface area contributed by atoms with E-state index in [-0.39, 0.29) is 0 Å². The summed E-state index contributed by atoms with van der Waals surface area (Å²) >= 11 is 0. The second-order valence-electron chi connectivity index (χ2n) is 3.88. The van der Waals surface area contributed by atoms with Crippen molar-refractivity contribution in [3.63, 3.8) is 0 Å². The first kappa shape index (κ1) is 10.1. The fraction of sp³-hybridized carbons (Fsp3) is 0.600. The number of hydrogen-bond acceptors (Lipinski definition) is 3. The maximum Gasteiger partial charge on any atom is 0.0659 e. The van der Waals surface area contributed by atoms with E-state index in [1.54, 1.807) is 0 Å². The Bertz CT molecular complexity index is 269. The molecule has 0 fully saturated rings. The van der Waals surface area contributed by atoms with Gasteiger partial charge in [-0.05, 0) is 31.6 Å². The largest absolute Gasteiger partial charge is 0.305 e. The van der Waals surface area contributed by atoms with Gasteiger partial charge in [-0.15, -0.1) is 0 Å². The molecule has 0 bridgehead atoms. The normalized spacial score (nSPS) is 11.2. The van der Waals surface area contributed by atoms with Gasteiger partial charge >= 0.3 is 0 Å². The average molecular weight is 179 g/mol. The van der Waals surface area contributed by atoms with E-state index < -0.39 is 0 Å². The van der Waals surface area contributed by atoms with Crippen LogP contribution in [0.15, 0.2) is 12.3 Å². The molecule has 0 saturated carbocycles. The third-order valence-electron chi connectivity index (χ3n) is 1.82. The van der Waals surface area contributed by atoms with E-state index in [2.05, 4.69) is 49.1 Å². The molecular weight excluding hydrogens is 162 g/mol. The Morgan fingerprint density at radius 1 is 1.38 bits per heavy atom. The molecule has 0 aliphatic rings. The molecule has 0 aliphatic heterocycles. The van der Waals surface area contributed by atoms with Gasteiger partial charge in [-0.2, -0.15) is 10.2 Å². The Morgan fingerprint density at radius 2 is 2.08 bits per heavy atom. The number of hydrogen-bond donors (Lipinski definition) is 0. The molecule has 0 amide bonds. The number of rotatable bonds is 3. The molecule has 1 rings (SSSR count). The van der Waals surface area contributed by atoms with Crippen molar-refractivity contribution >= 4 is 0 Å². The Morgan fingerprint density at radius 3 is 2.62 bits per heavy atom. The number of nitrogens with zero attached hydrogens (tertiary/aromatic N) is 3. The van der Waals surface area contributed by atoms with Gasteiger partial charge in [0.2, 0.25) is 0 Å². The highest BCUT2D eigenvalue weighted by Crippen LogP contribution is 2.11. The first-order chi connectivity index (χ1) is 6.09. The van der Waals surface area contributed by atoms with Gasteiger partial charge in [0.1, 0.15) is 0 Å². The van der Waals surface area contributed by atoms with Gasteiger partial charge in [0, 0.05) is 6.54 Å². The minimum absolute atomic E-state index is 0.453. The lowest BCUT2D eigenvalue weighted by atomic mass is 10.1. The summed E-state index contributed by atoms with van der Waals surface area (Å²) in [5.74, 6) is 0.453. The fourth-order valence-electron chi connectivity index (χ4n) is 1.16. The predicted molar refractivity (Wildman–Crippen MR) is 53.5 cm³/mol. The quantitative estimate of drug-likeness (QED) is 0.706. The van der Waals surface area contributed by atoms with Gasteiger partial charge < -0.3 is 4.90 Å². The monoisotopic (exact) mass is 179 g/mol. The maximum atomic E-state index is 4.08. The number of aromatic nitrogens is 2. The molecule has 0 aromatic carbocycles. The predicted octanol–water partition coefficient (Wildman–Crippen LogP) is 1.66. The molecule has 0 aliphatic carbocycles. The lowest BCUT2D eigenvalue weighted by molar-refractivity contribution is 0.401. The van der Waals surface area contributed by atoms with E-state index in [0.29, 0.717) is 5.92 Å². The Labute approximate surface area is 79.8 Å². The van der Waals surface area contributed by atoms with Crippen LogP contribution >= 0.6 is 0 Å². The first-order valence-electron chi connectivity index (χ1n) is 4.56. The first-order valence-corrected chi connectivity index (χ1v) is 4.56. The topological polar surface area (TPSA) is 29.0 Å². The van der Waals surface area contributed by atoms with Crippen molar-refractivity contribution in [3.05, 3.63) is 23.5 Å². The van der Waals surface area contributed by atoms with Gasteiger partial charge in [0.05, 0.1) is 11.9 Å². The van der Waals surface area contributed by atoms with Crippen molar-refractivity contribution in [1.82, 2.24) is 15.1 Å². The average Bonchev–Trinajstić information content (AvgIpc) is 2.03. The van der Waals surface area contributed by atoms with Crippen molar-refractivity contribution in [2.75, 3.05) is 14.1 Å². The molecule has 0 radical (unpaired) electrons. The van der Waals surface area contributed by atoms with Crippen LogP contribution < -0.4 is 0 Å². The van der Waals surface area contributed by atoms with Crippen molar-refractivity contribution in [2.45, 2.75) is 26.3 Å². The Hall–Kier alpha value is -0.960. The molecule has 0 atom stereocenters. The SMILES string of the molecule is CC(C)c1cc(CN(C)C)cnn1. The highest BCUT2D eigenvalue weighted by molar-refractivity contribution is 5.14. The fourth-order valence-corrected chi connectivity index (χ4v) is 1.16. The third kappa shape index (κ3) is 3.11. The summed E-state index contributed by atoms with van der Waals surface area (Å²) in [5, 5.41) is 8.06. The third-order valence-corrected chi connectivity index (χ3v) is 1.82. The molecule has 0 spiro atoms. The Balaban J connectivity index is 2.79. The van der Waals surface area contributed by atoms with E-state index in [4.69, 9.17) is 0 Å².